The molecule has 2 rings (SSSR count). The lowest BCUT2D eigenvalue weighted by Gasteiger charge is -2.02. The van der Waals surface area contributed by atoms with Crippen LogP contribution in [0.4, 0.5) is 0 Å². The number of carbonyl (C=O) groups is 1. The predicted molar refractivity (Wildman–Crippen MR) is 91.8 cm³/mol. The third kappa shape index (κ3) is 7.25. The van der Waals surface area contributed by atoms with Crippen LogP contribution in [0.5, 0.6) is 5.75 Å². The van der Waals surface area contributed by atoms with Crippen LogP contribution >= 0.6 is 11.6 Å². The molecule has 2 aromatic carbocycles. The molecule has 0 spiro atoms. The number of benzene rings is 2. The van der Waals surface area contributed by atoms with Crippen molar-refractivity contribution in [3.8, 4) is 5.75 Å². The van der Waals surface area contributed by atoms with Gasteiger partial charge in [-0.2, -0.15) is 0 Å². The fraction of sp³-hybridized carbons (Fsp3) is 0.278. The molecule has 0 unspecified atom stereocenters. The van der Waals surface area contributed by atoms with Crippen LogP contribution in [-0.4, -0.2) is 19.4 Å². The quantitative estimate of drug-likeness (QED) is 0.814. The van der Waals surface area contributed by atoms with Crippen LogP contribution in [0.25, 0.3) is 0 Å². The molecule has 3 nitrogen and oxygen atoms in total. The summed E-state index contributed by atoms with van der Waals surface area (Å²) < 4.78 is 5.34. The second-order valence-electron chi connectivity index (χ2n) is 4.70. The molecule has 0 amide bonds. The van der Waals surface area contributed by atoms with Crippen molar-refractivity contribution in [1.29, 1.82) is 0 Å². The number of ether oxygens (including phenoxy) is 1. The van der Waals surface area contributed by atoms with E-state index in [0.717, 1.165) is 36.5 Å². The van der Waals surface area contributed by atoms with Gasteiger partial charge < -0.3 is 10.5 Å². The second-order valence-corrected chi connectivity index (χ2v) is 5.14. The smallest absolute Gasteiger partial charge is 0.150 e. The van der Waals surface area contributed by atoms with Crippen molar-refractivity contribution >= 4 is 17.9 Å². The van der Waals surface area contributed by atoms with Crippen LogP contribution in [0.3, 0.4) is 0 Å². The van der Waals surface area contributed by atoms with Gasteiger partial charge in [0.15, 0.2) is 0 Å². The topological polar surface area (TPSA) is 52.3 Å². The Morgan fingerprint density at radius 3 is 2.45 bits per heavy atom. The summed E-state index contributed by atoms with van der Waals surface area (Å²) in [7, 11) is 0. The van der Waals surface area contributed by atoms with Crippen molar-refractivity contribution in [2.45, 2.75) is 19.8 Å². The van der Waals surface area contributed by atoms with Crippen LogP contribution < -0.4 is 10.5 Å². The van der Waals surface area contributed by atoms with Gasteiger partial charge in [-0.15, -0.1) is 0 Å². The summed E-state index contributed by atoms with van der Waals surface area (Å²) in [6, 6.07) is 14.9. The Morgan fingerprint density at radius 2 is 1.91 bits per heavy atom. The van der Waals surface area contributed by atoms with Crippen LogP contribution in [-0.2, 0) is 6.42 Å². The molecule has 118 valence electrons. The van der Waals surface area contributed by atoms with Crippen molar-refractivity contribution in [1.82, 2.24) is 0 Å². The molecule has 2 N–H and O–H groups in total. The highest BCUT2D eigenvalue weighted by atomic mass is 35.5. The first-order valence-electron chi connectivity index (χ1n) is 7.32. The molecule has 0 aliphatic carbocycles. The molecule has 0 saturated heterocycles. The summed E-state index contributed by atoms with van der Waals surface area (Å²) in [5, 5.41) is 0.783. The largest absolute Gasteiger partial charge is 0.494 e. The summed E-state index contributed by atoms with van der Waals surface area (Å²) in [6.45, 7) is 3.46. The lowest BCUT2D eigenvalue weighted by atomic mass is 10.2. The van der Waals surface area contributed by atoms with E-state index in [0.29, 0.717) is 12.1 Å². The zero-order valence-corrected chi connectivity index (χ0v) is 13.6. The Labute approximate surface area is 137 Å². The molecule has 0 aliphatic heterocycles. The molecule has 0 bridgehead atoms. The Kier molecular flexibility index (Phi) is 8.96. The van der Waals surface area contributed by atoms with E-state index < -0.39 is 0 Å². The van der Waals surface area contributed by atoms with Crippen molar-refractivity contribution in [2.75, 3.05) is 13.2 Å². The van der Waals surface area contributed by atoms with Gasteiger partial charge in [-0.3, -0.25) is 4.79 Å². The average Bonchev–Trinajstić information content (AvgIpc) is 2.54. The van der Waals surface area contributed by atoms with Crippen LogP contribution in [0.2, 0.25) is 5.02 Å². The number of aldehydes is 1. The van der Waals surface area contributed by atoms with Gasteiger partial charge in [0.1, 0.15) is 12.0 Å². The molecule has 0 aliphatic rings. The van der Waals surface area contributed by atoms with Crippen LogP contribution in [0.1, 0.15) is 29.3 Å². The predicted octanol–water partition coefficient (Wildman–Crippen LogP) is 4.13. The van der Waals surface area contributed by atoms with Gasteiger partial charge in [-0.1, -0.05) is 30.7 Å². The second kappa shape index (κ2) is 10.8. The summed E-state index contributed by atoms with van der Waals surface area (Å²) >= 11 is 5.74. The number of hydrogen-bond donors (Lipinski definition) is 1. The van der Waals surface area contributed by atoms with E-state index in [1.54, 1.807) is 24.3 Å². The maximum Gasteiger partial charge on any atom is 0.150 e. The van der Waals surface area contributed by atoms with E-state index in [4.69, 9.17) is 22.1 Å². The highest BCUT2D eigenvalue weighted by Gasteiger charge is 1.92. The molecule has 0 aromatic heterocycles. The summed E-state index contributed by atoms with van der Waals surface area (Å²) in [4.78, 5) is 10.3. The minimum atomic E-state index is 0.679. The maximum absolute atomic E-state index is 10.3. The molecule has 0 saturated carbocycles. The van der Waals surface area contributed by atoms with E-state index in [1.165, 1.54) is 5.56 Å². The average molecular weight is 320 g/mol. The number of nitrogens with two attached hydrogens (primary N) is 1. The molecular formula is C18H22ClNO2. The lowest BCUT2D eigenvalue weighted by molar-refractivity contribution is 0.112. The Morgan fingerprint density at radius 1 is 1.18 bits per heavy atom. The molecule has 2 aromatic rings. The number of rotatable bonds is 6. The van der Waals surface area contributed by atoms with Crippen LogP contribution in [0.15, 0.2) is 48.5 Å². The highest BCUT2D eigenvalue weighted by Crippen LogP contribution is 2.11. The molecule has 4 heteroatoms. The van der Waals surface area contributed by atoms with Crippen molar-refractivity contribution in [3.05, 3.63) is 64.7 Å². The molecular weight excluding hydrogens is 298 g/mol. The monoisotopic (exact) mass is 319 g/mol. The Balaban J connectivity index is 0.000000224. The van der Waals surface area contributed by atoms with Gasteiger partial charge in [0.2, 0.25) is 0 Å². The van der Waals surface area contributed by atoms with Gasteiger partial charge in [-0.25, -0.2) is 0 Å². The highest BCUT2D eigenvalue weighted by molar-refractivity contribution is 6.30. The van der Waals surface area contributed by atoms with Gasteiger partial charge in [0.25, 0.3) is 0 Å². The normalized spacial score (nSPS) is 9.59. The lowest BCUT2D eigenvalue weighted by Crippen LogP contribution is -2.02. The van der Waals surface area contributed by atoms with Gasteiger partial charge >= 0.3 is 0 Å². The number of halogens is 1. The van der Waals surface area contributed by atoms with Crippen molar-refractivity contribution in [3.63, 3.8) is 0 Å². The van der Waals surface area contributed by atoms with Gasteiger partial charge in [-0.05, 0) is 61.3 Å². The van der Waals surface area contributed by atoms with E-state index in [9.17, 15) is 4.79 Å². The fourth-order valence-corrected chi connectivity index (χ4v) is 1.93. The van der Waals surface area contributed by atoms with Crippen molar-refractivity contribution in [2.24, 2.45) is 5.73 Å². The summed E-state index contributed by atoms with van der Waals surface area (Å²) in [5.41, 5.74) is 7.25. The van der Waals surface area contributed by atoms with E-state index >= 15 is 0 Å². The molecule has 0 radical (unpaired) electrons. The first-order chi connectivity index (χ1) is 10.7. The van der Waals surface area contributed by atoms with Gasteiger partial charge in [0.05, 0.1) is 6.61 Å². The number of carbonyl (C=O) groups excluding carboxylic acids is 1. The minimum Gasteiger partial charge on any atom is -0.494 e. The number of hydrogen-bond acceptors (Lipinski definition) is 3. The zero-order valence-electron chi connectivity index (χ0n) is 12.8. The first-order valence-corrected chi connectivity index (χ1v) is 7.70. The molecule has 0 heterocycles. The molecule has 0 fully saturated rings. The van der Waals surface area contributed by atoms with Crippen molar-refractivity contribution < 1.29 is 9.53 Å². The SMILES string of the molecule is CCCOc1ccc(C=O)cc1.NCCc1cccc(Cl)c1. The third-order valence-electron chi connectivity index (χ3n) is 2.81. The molecule has 0 atom stereocenters. The van der Waals surface area contributed by atoms with E-state index in [1.807, 2.05) is 24.3 Å². The zero-order chi connectivity index (χ0) is 16.2. The van der Waals surface area contributed by atoms with E-state index in [2.05, 4.69) is 6.92 Å². The summed E-state index contributed by atoms with van der Waals surface area (Å²) in [6.07, 6.45) is 2.72. The maximum atomic E-state index is 10.3. The fourth-order valence-electron chi connectivity index (χ4n) is 1.72. The van der Waals surface area contributed by atoms with Gasteiger partial charge in [0, 0.05) is 10.6 Å². The first kappa shape index (κ1) is 18.2. The van der Waals surface area contributed by atoms with E-state index in [-0.39, 0.29) is 0 Å². The third-order valence-corrected chi connectivity index (χ3v) is 3.05. The standard InChI is InChI=1S/C10H12O2.C8H10ClN/c1-2-7-12-10-5-3-9(8-11)4-6-10;9-8-3-1-2-7(6-8)4-5-10/h3-6,8H,2,7H2,1H3;1-3,6H,4-5,10H2. The molecule has 22 heavy (non-hydrogen) atoms. The Bertz CT molecular complexity index is 555. The van der Waals surface area contributed by atoms with Crippen LogP contribution in [0, 0.1) is 0 Å². The Hall–Kier alpha value is -1.84. The summed E-state index contributed by atoms with van der Waals surface area (Å²) in [5.74, 6) is 0.822. The minimum absolute atomic E-state index is 0.679.